The lowest BCUT2D eigenvalue weighted by Gasteiger charge is -2.39. The van der Waals surface area contributed by atoms with Crippen LogP contribution in [-0.4, -0.2) is 15.2 Å². The topological polar surface area (TPSA) is 50.8 Å². The summed E-state index contributed by atoms with van der Waals surface area (Å²) in [5.74, 6) is 2.45. The fourth-order valence-corrected chi connectivity index (χ4v) is 6.06. The van der Waals surface area contributed by atoms with E-state index in [-0.39, 0.29) is 5.41 Å². The third-order valence-corrected chi connectivity index (χ3v) is 7.54. The Hall–Kier alpha value is -3.40. The number of H-pyrrole nitrogens is 1. The number of nitrogens with one attached hydrogen (secondary N) is 1. The Labute approximate surface area is 188 Å². The number of fused-ring (bicyclic) bond motifs is 2. The minimum Gasteiger partial charge on any atom is -0.487 e. The van der Waals surface area contributed by atoms with Gasteiger partial charge in [-0.1, -0.05) is 48.9 Å². The van der Waals surface area contributed by atoms with Crippen molar-refractivity contribution in [2.24, 2.45) is 11.8 Å². The highest BCUT2D eigenvalue weighted by Gasteiger charge is 2.52. The number of hydrogen-bond donors (Lipinski definition) is 1. The minimum absolute atomic E-state index is 0.106. The van der Waals surface area contributed by atoms with Crippen LogP contribution in [0.3, 0.4) is 0 Å². The summed E-state index contributed by atoms with van der Waals surface area (Å²) < 4.78 is 6.00. The summed E-state index contributed by atoms with van der Waals surface area (Å²) in [5, 5.41) is 7.16. The van der Waals surface area contributed by atoms with Gasteiger partial charge in [-0.15, -0.1) is 0 Å². The van der Waals surface area contributed by atoms with Crippen LogP contribution in [0.5, 0.6) is 5.75 Å². The minimum atomic E-state index is 0.106. The first-order valence-corrected chi connectivity index (χ1v) is 11.5. The first-order valence-electron chi connectivity index (χ1n) is 11.5. The molecule has 2 fully saturated rings. The standard InChI is InChI=1S/C28H27N3O/c1-2-15-29-25(3-1)19-32-26-12-10-23(11-13-26)28(18-20-4-7-24(28)17-20)22-8-5-21(6-9-22)27-14-16-30-31-27/h1-3,5-6,8-16,20,24H,4,7,17-19H2,(H,30,31)/t20?,24-,28+/m1/s1. The zero-order valence-electron chi connectivity index (χ0n) is 18.1. The lowest BCUT2D eigenvalue weighted by atomic mass is 9.64. The maximum absolute atomic E-state index is 6.00. The van der Waals surface area contributed by atoms with Crippen LogP contribution in [0, 0.1) is 11.8 Å². The van der Waals surface area contributed by atoms with E-state index in [9.17, 15) is 0 Å². The van der Waals surface area contributed by atoms with Gasteiger partial charge in [0.25, 0.3) is 0 Å². The predicted molar refractivity (Wildman–Crippen MR) is 125 cm³/mol. The highest BCUT2D eigenvalue weighted by atomic mass is 16.5. The second-order valence-electron chi connectivity index (χ2n) is 9.23. The highest BCUT2D eigenvalue weighted by Crippen LogP contribution is 2.60. The Morgan fingerprint density at radius 1 is 0.875 bits per heavy atom. The number of aromatic nitrogens is 3. The van der Waals surface area contributed by atoms with Gasteiger partial charge in [0.1, 0.15) is 12.4 Å². The van der Waals surface area contributed by atoms with Gasteiger partial charge in [-0.05, 0) is 78.1 Å². The summed E-state index contributed by atoms with van der Waals surface area (Å²) in [6.07, 6.45) is 8.90. The number of benzene rings is 2. The van der Waals surface area contributed by atoms with Crippen molar-refractivity contribution in [3.8, 4) is 17.0 Å². The van der Waals surface area contributed by atoms with E-state index in [0.29, 0.717) is 12.5 Å². The molecule has 6 rings (SSSR count). The molecule has 2 bridgehead atoms. The zero-order chi connectivity index (χ0) is 21.4. The summed E-state index contributed by atoms with van der Waals surface area (Å²) in [5.41, 5.74) is 6.16. The van der Waals surface area contributed by atoms with Gasteiger partial charge in [0.2, 0.25) is 0 Å². The summed E-state index contributed by atoms with van der Waals surface area (Å²) in [4.78, 5) is 4.35. The quantitative estimate of drug-likeness (QED) is 0.406. The number of ether oxygens (including phenoxy) is 1. The Morgan fingerprint density at radius 2 is 1.69 bits per heavy atom. The second kappa shape index (κ2) is 7.94. The third kappa shape index (κ3) is 3.31. The van der Waals surface area contributed by atoms with Crippen LogP contribution < -0.4 is 4.74 Å². The molecule has 1 N–H and O–H groups in total. The fraction of sp³-hybridized carbons (Fsp3) is 0.286. The van der Waals surface area contributed by atoms with Crippen LogP contribution in [0.1, 0.15) is 42.5 Å². The van der Waals surface area contributed by atoms with Crippen molar-refractivity contribution >= 4 is 0 Å². The van der Waals surface area contributed by atoms with E-state index in [1.165, 1.54) is 42.4 Å². The SMILES string of the molecule is c1ccc(COc2ccc([C@@]3(c4ccc(-c5ccn[nH]5)cc4)CC4CC[C@@H]3C4)cc2)nc1. The number of nitrogens with zero attached hydrogens (tertiary/aromatic N) is 2. The molecule has 2 aromatic heterocycles. The molecule has 160 valence electrons. The van der Waals surface area contributed by atoms with Crippen molar-refractivity contribution in [3.05, 3.63) is 102 Å². The summed E-state index contributed by atoms with van der Waals surface area (Å²) in [6, 6.07) is 25.9. The van der Waals surface area contributed by atoms with Crippen molar-refractivity contribution in [1.82, 2.24) is 15.2 Å². The molecule has 2 aliphatic rings. The maximum atomic E-state index is 6.00. The molecule has 4 heteroatoms. The lowest BCUT2D eigenvalue weighted by molar-refractivity contribution is 0.299. The third-order valence-electron chi connectivity index (χ3n) is 7.54. The smallest absolute Gasteiger partial charge is 0.130 e. The van der Waals surface area contributed by atoms with Crippen LogP contribution in [0.4, 0.5) is 0 Å². The molecule has 4 aromatic rings. The van der Waals surface area contributed by atoms with Crippen molar-refractivity contribution in [2.75, 3.05) is 0 Å². The van der Waals surface area contributed by atoms with Gasteiger partial charge in [-0.2, -0.15) is 5.10 Å². The molecule has 4 nitrogen and oxygen atoms in total. The van der Waals surface area contributed by atoms with Gasteiger partial charge in [0.15, 0.2) is 0 Å². The number of aromatic amines is 1. The van der Waals surface area contributed by atoms with Gasteiger partial charge >= 0.3 is 0 Å². The molecule has 0 saturated heterocycles. The van der Waals surface area contributed by atoms with E-state index < -0.39 is 0 Å². The second-order valence-corrected chi connectivity index (χ2v) is 9.23. The Bertz CT molecular complexity index is 1170. The average Bonchev–Trinajstić information content (AvgIpc) is 3.62. The Balaban J connectivity index is 1.29. The molecule has 0 spiro atoms. The normalized spacial score (nSPS) is 24.0. The monoisotopic (exact) mass is 421 g/mol. The highest BCUT2D eigenvalue weighted by molar-refractivity contribution is 5.60. The molecule has 2 saturated carbocycles. The first-order chi connectivity index (χ1) is 15.8. The van der Waals surface area contributed by atoms with E-state index in [2.05, 4.69) is 63.7 Å². The van der Waals surface area contributed by atoms with Crippen LogP contribution in [-0.2, 0) is 12.0 Å². The molecular formula is C28H27N3O. The van der Waals surface area contributed by atoms with Crippen LogP contribution >= 0.6 is 0 Å². The van der Waals surface area contributed by atoms with Crippen LogP contribution in [0.15, 0.2) is 85.2 Å². The molecule has 2 aliphatic carbocycles. The van der Waals surface area contributed by atoms with Gasteiger partial charge in [-0.25, -0.2) is 0 Å². The van der Waals surface area contributed by atoms with E-state index in [1.54, 1.807) is 12.4 Å². The van der Waals surface area contributed by atoms with E-state index >= 15 is 0 Å². The lowest BCUT2D eigenvalue weighted by Crippen LogP contribution is -2.34. The molecule has 3 atom stereocenters. The van der Waals surface area contributed by atoms with Gasteiger partial charge in [-0.3, -0.25) is 10.1 Å². The summed E-state index contributed by atoms with van der Waals surface area (Å²) in [6.45, 7) is 0.491. The Morgan fingerprint density at radius 3 is 2.31 bits per heavy atom. The molecule has 0 radical (unpaired) electrons. The number of rotatable bonds is 6. The molecular weight excluding hydrogens is 394 g/mol. The van der Waals surface area contributed by atoms with Crippen LogP contribution in [0.25, 0.3) is 11.3 Å². The molecule has 0 amide bonds. The van der Waals surface area contributed by atoms with Crippen molar-refractivity contribution < 1.29 is 4.74 Å². The number of hydrogen-bond acceptors (Lipinski definition) is 3. The fourth-order valence-electron chi connectivity index (χ4n) is 6.06. The van der Waals surface area contributed by atoms with Gasteiger partial charge in [0, 0.05) is 17.8 Å². The molecule has 2 heterocycles. The maximum Gasteiger partial charge on any atom is 0.130 e. The van der Waals surface area contributed by atoms with Gasteiger partial charge < -0.3 is 4.74 Å². The molecule has 2 aromatic carbocycles. The molecule has 32 heavy (non-hydrogen) atoms. The summed E-state index contributed by atoms with van der Waals surface area (Å²) >= 11 is 0. The first kappa shape index (κ1) is 19.3. The summed E-state index contributed by atoms with van der Waals surface area (Å²) in [7, 11) is 0. The molecule has 0 aliphatic heterocycles. The van der Waals surface area contributed by atoms with Crippen molar-refractivity contribution in [1.29, 1.82) is 0 Å². The van der Waals surface area contributed by atoms with E-state index in [4.69, 9.17) is 4.74 Å². The van der Waals surface area contributed by atoms with E-state index in [0.717, 1.165) is 23.1 Å². The van der Waals surface area contributed by atoms with Crippen molar-refractivity contribution in [2.45, 2.75) is 37.7 Å². The Kier molecular flexibility index (Phi) is 4.79. The van der Waals surface area contributed by atoms with Crippen LogP contribution in [0.2, 0.25) is 0 Å². The predicted octanol–water partition coefficient (Wildman–Crippen LogP) is 6.16. The van der Waals surface area contributed by atoms with E-state index in [1.807, 2.05) is 24.3 Å². The van der Waals surface area contributed by atoms with Crippen molar-refractivity contribution in [3.63, 3.8) is 0 Å². The van der Waals surface area contributed by atoms with Gasteiger partial charge in [0.05, 0.1) is 11.4 Å². The molecule has 1 unspecified atom stereocenters. The largest absolute Gasteiger partial charge is 0.487 e. The average molecular weight is 422 g/mol. The number of pyridine rings is 1. The zero-order valence-corrected chi connectivity index (χ0v) is 18.1.